The summed E-state index contributed by atoms with van der Waals surface area (Å²) in [5.74, 6) is -0.212. The maximum Gasteiger partial charge on any atom is 0.123 e. The van der Waals surface area contributed by atoms with E-state index in [1.54, 1.807) is 0 Å². The van der Waals surface area contributed by atoms with Crippen LogP contribution in [0.2, 0.25) is 0 Å². The van der Waals surface area contributed by atoms with Crippen molar-refractivity contribution in [2.24, 2.45) is 7.05 Å². The molecule has 0 fully saturated rings. The third-order valence-electron chi connectivity index (χ3n) is 5.05. The van der Waals surface area contributed by atoms with Gasteiger partial charge in [-0.25, -0.2) is 4.39 Å². The van der Waals surface area contributed by atoms with Crippen molar-refractivity contribution >= 4 is 0 Å². The zero-order chi connectivity index (χ0) is 18.6. The number of ether oxygens (including phenoxy) is 1. The lowest BCUT2D eigenvalue weighted by molar-refractivity contribution is 0.0389. The average molecular weight is 366 g/mol. The largest absolute Gasteiger partial charge is 0.375 e. The quantitative estimate of drug-likeness (QED) is 0.672. The van der Waals surface area contributed by atoms with Crippen LogP contribution in [0.3, 0.4) is 0 Å². The first-order chi connectivity index (χ1) is 13.2. The Kier molecular flexibility index (Phi) is 5.27. The molecule has 0 saturated heterocycles. The lowest BCUT2D eigenvalue weighted by atomic mass is 10.0. The Balaban J connectivity index is 1.49. The van der Waals surface area contributed by atoms with Crippen molar-refractivity contribution in [2.45, 2.75) is 25.6 Å². The van der Waals surface area contributed by atoms with E-state index >= 15 is 0 Å². The summed E-state index contributed by atoms with van der Waals surface area (Å²) in [6.07, 6.45) is 0.898. The van der Waals surface area contributed by atoms with E-state index in [4.69, 9.17) is 4.74 Å². The molecule has 0 bridgehead atoms. The molecule has 1 aliphatic rings. The first kappa shape index (κ1) is 17.8. The van der Waals surface area contributed by atoms with Gasteiger partial charge in [-0.05, 0) is 23.3 Å². The van der Waals surface area contributed by atoms with Gasteiger partial charge in [-0.1, -0.05) is 47.7 Å². The summed E-state index contributed by atoms with van der Waals surface area (Å²) >= 11 is 0. The molecule has 0 N–H and O–H groups in total. The molecule has 3 aromatic rings. The van der Waals surface area contributed by atoms with Crippen LogP contribution in [0.4, 0.5) is 4.39 Å². The van der Waals surface area contributed by atoms with Crippen LogP contribution in [0.5, 0.6) is 0 Å². The van der Waals surface area contributed by atoms with Gasteiger partial charge in [0.1, 0.15) is 11.5 Å². The number of nitrogens with zero attached hydrogens (tertiary/aromatic N) is 4. The van der Waals surface area contributed by atoms with Crippen molar-refractivity contribution < 1.29 is 9.13 Å². The summed E-state index contributed by atoms with van der Waals surface area (Å²) in [6.45, 7) is 2.74. The van der Waals surface area contributed by atoms with Crippen LogP contribution in [0, 0.1) is 5.82 Å². The third-order valence-corrected chi connectivity index (χ3v) is 5.05. The average Bonchev–Trinajstić information content (AvgIpc) is 3.07. The second-order valence-corrected chi connectivity index (χ2v) is 6.91. The molecular formula is C21H23FN4O. The smallest absolute Gasteiger partial charge is 0.123 e. The van der Waals surface area contributed by atoms with Crippen LogP contribution < -0.4 is 0 Å². The molecule has 5 nitrogen and oxygen atoms in total. The molecule has 4 rings (SSSR count). The fraction of sp³-hybridized carbons (Fsp3) is 0.333. The highest BCUT2D eigenvalue weighted by molar-refractivity contribution is 5.21. The maximum absolute atomic E-state index is 13.2. The first-order valence-corrected chi connectivity index (χ1v) is 9.19. The molecule has 0 saturated carbocycles. The minimum absolute atomic E-state index is 0.0382. The van der Waals surface area contributed by atoms with E-state index < -0.39 is 0 Å². The summed E-state index contributed by atoms with van der Waals surface area (Å²) in [4.78, 5) is 2.34. The lowest BCUT2D eigenvalue weighted by Crippen LogP contribution is -2.38. The number of fused-ring (bicyclic) bond motifs is 1. The zero-order valence-electron chi connectivity index (χ0n) is 15.4. The monoisotopic (exact) mass is 366 g/mol. The van der Waals surface area contributed by atoms with E-state index in [2.05, 4.69) is 27.3 Å². The Morgan fingerprint density at radius 3 is 2.63 bits per heavy atom. The number of aryl methyl sites for hydroxylation is 1. The summed E-state index contributed by atoms with van der Waals surface area (Å²) in [7, 11) is 1.93. The van der Waals surface area contributed by atoms with Gasteiger partial charge in [-0.15, -0.1) is 5.10 Å². The van der Waals surface area contributed by atoms with Gasteiger partial charge in [0, 0.05) is 26.6 Å². The Bertz CT molecular complexity index is 879. The number of hydrogen-bond donors (Lipinski definition) is 0. The van der Waals surface area contributed by atoms with Crippen LogP contribution in [0.15, 0.2) is 54.6 Å². The number of rotatable bonds is 6. The molecule has 2 heterocycles. The number of halogens is 1. The van der Waals surface area contributed by atoms with Gasteiger partial charge in [0.25, 0.3) is 0 Å². The van der Waals surface area contributed by atoms with E-state index in [-0.39, 0.29) is 11.9 Å². The Morgan fingerprint density at radius 1 is 1.07 bits per heavy atom. The number of benzene rings is 2. The molecule has 140 valence electrons. The van der Waals surface area contributed by atoms with E-state index in [0.29, 0.717) is 13.2 Å². The van der Waals surface area contributed by atoms with Gasteiger partial charge in [0.05, 0.1) is 24.9 Å². The second kappa shape index (κ2) is 7.98. The fourth-order valence-corrected chi connectivity index (χ4v) is 3.58. The summed E-state index contributed by atoms with van der Waals surface area (Å²) < 4.78 is 21.1. The predicted octanol–water partition coefficient (Wildman–Crippen LogP) is 3.27. The molecule has 0 aliphatic carbocycles. The van der Waals surface area contributed by atoms with Crippen molar-refractivity contribution in [3.05, 3.63) is 82.9 Å². The van der Waals surface area contributed by atoms with Crippen molar-refractivity contribution in [2.75, 3.05) is 13.2 Å². The highest BCUT2D eigenvalue weighted by atomic mass is 19.1. The molecule has 0 spiro atoms. The van der Waals surface area contributed by atoms with Crippen molar-refractivity contribution in [3.63, 3.8) is 0 Å². The molecule has 27 heavy (non-hydrogen) atoms. The predicted molar refractivity (Wildman–Crippen MR) is 100 cm³/mol. The third kappa shape index (κ3) is 4.07. The number of hydrogen-bond acceptors (Lipinski definition) is 4. The van der Waals surface area contributed by atoms with Gasteiger partial charge >= 0.3 is 0 Å². The SMILES string of the molecule is Cn1nnc2c1CCN(Cc1ccc(F)cc1)[C@H]2COCc1ccccc1. The van der Waals surface area contributed by atoms with E-state index in [0.717, 1.165) is 36.3 Å². The molecule has 0 unspecified atom stereocenters. The minimum Gasteiger partial charge on any atom is -0.375 e. The Labute approximate surface area is 158 Å². The molecule has 2 aromatic carbocycles. The number of aromatic nitrogens is 3. The normalized spacial score (nSPS) is 17.0. The highest BCUT2D eigenvalue weighted by Gasteiger charge is 2.31. The Hall–Kier alpha value is -2.57. The van der Waals surface area contributed by atoms with Crippen molar-refractivity contribution in [3.8, 4) is 0 Å². The molecule has 1 aliphatic heterocycles. The Morgan fingerprint density at radius 2 is 1.85 bits per heavy atom. The summed E-state index contributed by atoms with van der Waals surface area (Å²) in [5, 5.41) is 8.60. The standard InChI is InChI=1S/C21H23FN4O/c1-25-19-11-12-26(13-16-7-9-18(22)10-8-16)20(21(19)23-24-25)15-27-14-17-5-3-2-4-6-17/h2-10,20H,11-15H2,1H3/t20-/m0/s1. The van der Waals surface area contributed by atoms with Crippen LogP contribution in [0.25, 0.3) is 0 Å². The van der Waals surface area contributed by atoms with Gasteiger partial charge < -0.3 is 4.74 Å². The van der Waals surface area contributed by atoms with Crippen LogP contribution in [-0.4, -0.2) is 33.0 Å². The minimum atomic E-state index is -0.212. The highest BCUT2D eigenvalue weighted by Crippen LogP contribution is 2.29. The van der Waals surface area contributed by atoms with Crippen molar-refractivity contribution in [1.82, 2.24) is 19.9 Å². The fourth-order valence-electron chi connectivity index (χ4n) is 3.58. The molecule has 0 radical (unpaired) electrons. The topological polar surface area (TPSA) is 43.2 Å². The molecule has 1 atom stereocenters. The van der Waals surface area contributed by atoms with Crippen molar-refractivity contribution in [1.29, 1.82) is 0 Å². The molecular weight excluding hydrogens is 343 g/mol. The maximum atomic E-state index is 13.2. The summed E-state index contributed by atoms with van der Waals surface area (Å²) in [5.41, 5.74) is 4.38. The van der Waals surface area contributed by atoms with E-state index in [1.165, 1.54) is 17.8 Å². The van der Waals surface area contributed by atoms with E-state index in [9.17, 15) is 4.39 Å². The second-order valence-electron chi connectivity index (χ2n) is 6.91. The van der Waals surface area contributed by atoms with Crippen LogP contribution in [-0.2, 0) is 31.4 Å². The van der Waals surface area contributed by atoms with Gasteiger partial charge in [0.15, 0.2) is 0 Å². The van der Waals surface area contributed by atoms with E-state index in [1.807, 2.05) is 42.1 Å². The van der Waals surface area contributed by atoms with Gasteiger partial charge in [-0.3, -0.25) is 9.58 Å². The first-order valence-electron chi connectivity index (χ1n) is 9.19. The lowest BCUT2D eigenvalue weighted by Gasteiger charge is -2.34. The molecule has 0 amide bonds. The molecule has 6 heteroatoms. The zero-order valence-corrected chi connectivity index (χ0v) is 15.4. The summed E-state index contributed by atoms with van der Waals surface area (Å²) in [6, 6.07) is 16.9. The van der Waals surface area contributed by atoms with Gasteiger partial charge in [0.2, 0.25) is 0 Å². The molecule has 1 aromatic heterocycles. The van der Waals surface area contributed by atoms with Crippen LogP contribution >= 0.6 is 0 Å². The van der Waals surface area contributed by atoms with Gasteiger partial charge in [-0.2, -0.15) is 0 Å². The van der Waals surface area contributed by atoms with Crippen LogP contribution in [0.1, 0.15) is 28.6 Å².